The smallest absolute Gasteiger partial charge is 0.0481 e. The molecule has 0 saturated heterocycles. The fraction of sp³-hybridized carbons (Fsp3) is 0.538. The Balaban J connectivity index is 2.33. The summed E-state index contributed by atoms with van der Waals surface area (Å²) < 4.78 is 6.57. The predicted octanol–water partition coefficient (Wildman–Crippen LogP) is 2.64. The lowest BCUT2D eigenvalue weighted by Gasteiger charge is -2.16. The van der Waals surface area contributed by atoms with Crippen LogP contribution in [0.4, 0.5) is 0 Å². The molecule has 0 aliphatic carbocycles. The van der Waals surface area contributed by atoms with Crippen molar-refractivity contribution >= 4 is 15.9 Å². The maximum atomic E-state index is 5.55. The topological polar surface area (TPSA) is 47.3 Å². The van der Waals surface area contributed by atoms with Gasteiger partial charge in [0.05, 0.1) is 0 Å². The minimum absolute atomic E-state index is 0.271. The molecule has 1 rings (SSSR count). The van der Waals surface area contributed by atoms with Crippen LogP contribution in [0, 0.1) is 0 Å². The van der Waals surface area contributed by atoms with Crippen molar-refractivity contribution in [3.8, 4) is 0 Å². The van der Waals surface area contributed by atoms with Crippen molar-refractivity contribution in [3.05, 3.63) is 34.3 Å². The average molecular weight is 301 g/mol. The van der Waals surface area contributed by atoms with Crippen molar-refractivity contribution in [2.75, 3.05) is 13.2 Å². The molecule has 0 spiro atoms. The Morgan fingerprint density at radius 2 is 2.00 bits per heavy atom. The van der Waals surface area contributed by atoms with Crippen LogP contribution in [-0.4, -0.2) is 19.3 Å². The van der Waals surface area contributed by atoms with Crippen LogP contribution < -0.4 is 11.3 Å². The second kappa shape index (κ2) is 8.64. The number of nitrogens with one attached hydrogen (secondary N) is 1. The Hall–Kier alpha value is -0.420. The van der Waals surface area contributed by atoms with Gasteiger partial charge >= 0.3 is 0 Å². The van der Waals surface area contributed by atoms with E-state index in [2.05, 4.69) is 52.5 Å². The molecule has 0 fully saturated rings. The van der Waals surface area contributed by atoms with Crippen LogP contribution in [0.15, 0.2) is 28.7 Å². The molecule has 0 aliphatic rings. The minimum Gasteiger partial charge on any atom is -0.381 e. The maximum absolute atomic E-state index is 5.55. The highest BCUT2D eigenvalue weighted by Crippen LogP contribution is 2.12. The van der Waals surface area contributed by atoms with Crippen molar-refractivity contribution in [1.82, 2.24) is 5.43 Å². The summed E-state index contributed by atoms with van der Waals surface area (Å²) in [6.45, 7) is 3.70. The molecular formula is C13H21BrN2O. The van der Waals surface area contributed by atoms with Crippen LogP contribution in [0.2, 0.25) is 0 Å². The van der Waals surface area contributed by atoms with E-state index in [0.29, 0.717) is 0 Å². The van der Waals surface area contributed by atoms with E-state index < -0.39 is 0 Å². The summed E-state index contributed by atoms with van der Waals surface area (Å²) in [6.07, 6.45) is 2.93. The minimum atomic E-state index is 0.271. The van der Waals surface area contributed by atoms with Gasteiger partial charge in [-0.2, -0.15) is 0 Å². The summed E-state index contributed by atoms with van der Waals surface area (Å²) in [4.78, 5) is 0. The summed E-state index contributed by atoms with van der Waals surface area (Å²) in [5.74, 6) is 5.55. The van der Waals surface area contributed by atoms with Gasteiger partial charge in [0.15, 0.2) is 0 Å². The molecule has 1 atom stereocenters. The Morgan fingerprint density at radius 3 is 2.59 bits per heavy atom. The van der Waals surface area contributed by atoms with Crippen LogP contribution in [0.25, 0.3) is 0 Å². The molecule has 0 aromatic heterocycles. The molecule has 0 amide bonds. The molecule has 0 saturated carbocycles. The predicted molar refractivity (Wildman–Crippen MR) is 74.7 cm³/mol. The summed E-state index contributed by atoms with van der Waals surface area (Å²) in [5.41, 5.74) is 4.13. The third-order valence-electron chi connectivity index (χ3n) is 2.59. The molecule has 1 aromatic carbocycles. The first-order valence-electron chi connectivity index (χ1n) is 6.04. The Bertz CT molecular complexity index is 303. The van der Waals surface area contributed by atoms with Gasteiger partial charge in [-0.1, -0.05) is 35.0 Å². The molecule has 1 unspecified atom stereocenters. The maximum Gasteiger partial charge on any atom is 0.0481 e. The summed E-state index contributed by atoms with van der Waals surface area (Å²) in [7, 11) is 0. The molecule has 0 heterocycles. The highest BCUT2D eigenvalue weighted by molar-refractivity contribution is 9.10. The zero-order valence-corrected chi connectivity index (χ0v) is 11.9. The lowest BCUT2D eigenvalue weighted by atomic mass is 10.0. The van der Waals surface area contributed by atoms with E-state index in [-0.39, 0.29) is 6.04 Å². The zero-order valence-electron chi connectivity index (χ0n) is 10.3. The summed E-state index contributed by atoms with van der Waals surface area (Å²) in [5, 5.41) is 0. The van der Waals surface area contributed by atoms with Gasteiger partial charge in [-0.3, -0.25) is 11.3 Å². The molecule has 96 valence electrons. The number of hydrogen-bond acceptors (Lipinski definition) is 3. The Morgan fingerprint density at radius 1 is 1.29 bits per heavy atom. The lowest BCUT2D eigenvalue weighted by molar-refractivity contribution is 0.124. The fourth-order valence-corrected chi connectivity index (χ4v) is 1.89. The Labute approximate surface area is 112 Å². The number of ether oxygens (including phenoxy) is 1. The van der Waals surface area contributed by atoms with E-state index in [1.54, 1.807) is 0 Å². The molecule has 4 heteroatoms. The molecule has 1 aromatic rings. The monoisotopic (exact) mass is 300 g/mol. The second-order valence-corrected chi connectivity index (χ2v) is 5.01. The van der Waals surface area contributed by atoms with Gasteiger partial charge in [0.2, 0.25) is 0 Å². The molecular weight excluding hydrogens is 280 g/mol. The van der Waals surface area contributed by atoms with Crippen molar-refractivity contribution in [2.45, 2.75) is 32.2 Å². The number of rotatable bonds is 8. The van der Waals surface area contributed by atoms with E-state index in [1.165, 1.54) is 5.56 Å². The summed E-state index contributed by atoms with van der Waals surface area (Å²) >= 11 is 3.43. The van der Waals surface area contributed by atoms with Crippen molar-refractivity contribution in [3.63, 3.8) is 0 Å². The van der Waals surface area contributed by atoms with E-state index >= 15 is 0 Å². The second-order valence-electron chi connectivity index (χ2n) is 4.10. The molecule has 0 radical (unpaired) electrons. The zero-order chi connectivity index (χ0) is 12.5. The molecule has 3 nitrogen and oxygen atoms in total. The average Bonchev–Trinajstić information content (AvgIpc) is 2.35. The normalized spacial score (nSPS) is 12.6. The number of hydrazine groups is 1. The van der Waals surface area contributed by atoms with Crippen molar-refractivity contribution < 1.29 is 4.74 Å². The van der Waals surface area contributed by atoms with E-state index in [4.69, 9.17) is 10.6 Å². The number of benzene rings is 1. The third kappa shape index (κ3) is 6.17. The molecule has 3 N–H and O–H groups in total. The van der Waals surface area contributed by atoms with Crippen LogP contribution in [-0.2, 0) is 11.2 Å². The van der Waals surface area contributed by atoms with Gasteiger partial charge in [0, 0.05) is 23.7 Å². The molecule has 0 aliphatic heterocycles. The number of nitrogens with two attached hydrogens (primary N) is 1. The first kappa shape index (κ1) is 14.6. The highest BCUT2D eigenvalue weighted by Gasteiger charge is 2.07. The van der Waals surface area contributed by atoms with E-state index in [1.807, 2.05) is 0 Å². The summed E-state index contributed by atoms with van der Waals surface area (Å²) in [6, 6.07) is 8.60. The van der Waals surface area contributed by atoms with E-state index in [9.17, 15) is 0 Å². The third-order valence-corrected chi connectivity index (χ3v) is 3.12. The SMILES string of the molecule is CCCOCCC(Cc1ccc(Br)cc1)NN. The first-order valence-corrected chi connectivity index (χ1v) is 6.84. The van der Waals surface area contributed by atoms with Crippen molar-refractivity contribution in [1.29, 1.82) is 0 Å². The Kier molecular flexibility index (Phi) is 7.44. The van der Waals surface area contributed by atoms with Gasteiger partial charge in [0.1, 0.15) is 0 Å². The van der Waals surface area contributed by atoms with Crippen LogP contribution in [0.3, 0.4) is 0 Å². The van der Waals surface area contributed by atoms with E-state index in [0.717, 1.165) is 36.9 Å². The van der Waals surface area contributed by atoms with Crippen molar-refractivity contribution in [2.24, 2.45) is 5.84 Å². The fourth-order valence-electron chi connectivity index (χ4n) is 1.62. The van der Waals surface area contributed by atoms with Crippen LogP contribution in [0.1, 0.15) is 25.3 Å². The molecule has 0 bridgehead atoms. The van der Waals surface area contributed by atoms with Gasteiger partial charge in [0.25, 0.3) is 0 Å². The van der Waals surface area contributed by atoms with Gasteiger partial charge in [-0.05, 0) is 37.0 Å². The van der Waals surface area contributed by atoms with Gasteiger partial charge in [-0.15, -0.1) is 0 Å². The number of hydrogen-bond donors (Lipinski definition) is 2. The quantitative estimate of drug-likeness (QED) is 0.441. The van der Waals surface area contributed by atoms with Gasteiger partial charge in [-0.25, -0.2) is 0 Å². The van der Waals surface area contributed by atoms with Gasteiger partial charge < -0.3 is 4.74 Å². The lowest BCUT2D eigenvalue weighted by Crippen LogP contribution is -2.37. The number of halogens is 1. The van der Waals surface area contributed by atoms with Crippen LogP contribution >= 0.6 is 15.9 Å². The first-order chi connectivity index (χ1) is 8.26. The highest BCUT2D eigenvalue weighted by atomic mass is 79.9. The van der Waals surface area contributed by atoms with Crippen LogP contribution in [0.5, 0.6) is 0 Å². The largest absolute Gasteiger partial charge is 0.381 e. The molecule has 17 heavy (non-hydrogen) atoms. The standard InChI is InChI=1S/C13H21BrN2O/c1-2-8-17-9-7-13(16-15)10-11-3-5-12(14)6-4-11/h3-6,13,16H,2,7-10,15H2,1H3.